The second-order valence-corrected chi connectivity index (χ2v) is 20.9. The first-order chi connectivity index (χ1) is 30.8. The Balaban J connectivity index is 1.08. The Morgan fingerprint density at radius 2 is 0.859 bits per heavy atom. The molecule has 2 aliphatic carbocycles. The summed E-state index contributed by atoms with van der Waals surface area (Å²) in [7, 11) is 0. The van der Waals surface area contributed by atoms with Crippen molar-refractivity contribution in [1.82, 2.24) is 9.13 Å². The lowest BCUT2D eigenvalue weighted by Gasteiger charge is -2.22. The van der Waals surface area contributed by atoms with Crippen LogP contribution in [0, 0.1) is 0 Å². The summed E-state index contributed by atoms with van der Waals surface area (Å²) in [4.78, 5) is 0. The molecular formula is C62H56N2. The van der Waals surface area contributed by atoms with Crippen LogP contribution in [0.5, 0.6) is 0 Å². The first kappa shape index (κ1) is 39.0. The fourth-order valence-electron chi connectivity index (χ4n) is 11.6. The maximum absolute atomic E-state index is 2.51. The van der Waals surface area contributed by atoms with Crippen molar-refractivity contribution in [3.63, 3.8) is 0 Å². The number of rotatable bonds is 6. The predicted molar refractivity (Wildman–Crippen MR) is 273 cm³/mol. The van der Waals surface area contributed by atoms with Crippen LogP contribution in [0.4, 0.5) is 0 Å². The Morgan fingerprint density at radius 3 is 1.31 bits per heavy atom. The predicted octanol–water partition coefficient (Wildman–Crippen LogP) is 16.8. The Kier molecular flexibility index (Phi) is 8.34. The number of hydrogen-bond acceptors (Lipinski definition) is 0. The van der Waals surface area contributed by atoms with Crippen molar-refractivity contribution in [3.8, 4) is 44.8 Å². The zero-order valence-electron chi connectivity index (χ0n) is 38.5. The summed E-state index contributed by atoms with van der Waals surface area (Å²) in [6, 6.07) is 61.0. The van der Waals surface area contributed by atoms with Gasteiger partial charge in [0.05, 0.1) is 22.1 Å². The summed E-state index contributed by atoms with van der Waals surface area (Å²) in [5, 5.41) is 5.15. The van der Waals surface area contributed by atoms with Crippen molar-refractivity contribution >= 4 is 43.6 Å². The Bertz CT molecular complexity index is 3540. The van der Waals surface area contributed by atoms with Gasteiger partial charge in [-0.2, -0.15) is 0 Å². The van der Waals surface area contributed by atoms with E-state index in [4.69, 9.17) is 0 Å². The van der Waals surface area contributed by atoms with Crippen LogP contribution in [-0.4, -0.2) is 9.13 Å². The fraction of sp³-hybridized carbons (Fsp3) is 0.226. The van der Waals surface area contributed by atoms with E-state index in [1.807, 2.05) is 0 Å². The highest BCUT2D eigenvalue weighted by Gasteiger charge is 2.37. The van der Waals surface area contributed by atoms with E-state index >= 15 is 0 Å². The molecule has 0 saturated carbocycles. The van der Waals surface area contributed by atoms with Crippen LogP contribution in [0.2, 0.25) is 0 Å². The molecule has 0 atom stereocenters. The molecule has 0 fully saturated rings. The molecular weight excluding hydrogens is 773 g/mol. The molecule has 0 unspecified atom stereocenters. The summed E-state index contributed by atoms with van der Waals surface area (Å²) in [6.45, 7) is 18.7. The van der Waals surface area contributed by atoms with Gasteiger partial charge in [-0.3, -0.25) is 0 Å². The van der Waals surface area contributed by atoms with Gasteiger partial charge in [-0.15, -0.1) is 0 Å². The summed E-state index contributed by atoms with van der Waals surface area (Å²) in [5.74, 6) is 0. The molecule has 8 aromatic carbocycles. The van der Waals surface area contributed by atoms with Crippen molar-refractivity contribution in [3.05, 3.63) is 191 Å². The lowest BCUT2D eigenvalue weighted by molar-refractivity contribution is 0.590. The second-order valence-electron chi connectivity index (χ2n) is 20.9. The molecule has 0 bridgehead atoms. The minimum Gasteiger partial charge on any atom is -0.309 e. The molecule has 0 amide bonds. The summed E-state index contributed by atoms with van der Waals surface area (Å²) >= 11 is 0. The number of hydrogen-bond donors (Lipinski definition) is 0. The van der Waals surface area contributed by atoms with Crippen LogP contribution in [0.3, 0.4) is 0 Å². The van der Waals surface area contributed by atoms with E-state index in [2.05, 4.69) is 222 Å². The number of aryl methyl sites for hydroxylation is 1. The number of aromatic nitrogens is 2. The van der Waals surface area contributed by atoms with Crippen LogP contribution < -0.4 is 0 Å². The Morgan fingerprint density at radius 1 is 0.422 bits per heavy atom. The molecule has 0 N–H and O–H groups in total. The van der Waals surface area contributed by atoms with E-state index < -0.39 is 0 Å². The van der Waals surface area contributed by atoms with Crippen LogP contribution >= 0.6 is 0 Å². The van der Waals surface area contributed by atoms with E-state index in [-0.39, 0.29) is 16.2 Å². The topological polar surface area (TPSA) is 9.86 Å². The number of unbranched alkanes of at least 4 members (excludes halogenated alkanes) is 1. The zero-order valence-corrected chi connectivity index (χ0v) is 38.5. The minimum absolute atomic E-state index is 0.0816. The molecule has 0 spiro atoms. The first-order valence-corrected chi connectivity index (χ1v) is 23.5. The van der Waals surface area contributed by atoms with E-state index in [1.54, 1.807) is 0 Å². The highest BCUT2D eigenvalue weighted by molar-refractivity contribution is 6.15. The van der Waals surface area contributed by atoms with Gasteiger partial charge in [0, 0.05) is 43.7 Å². The molecule has 10 aromatic rings. The average molecular weight is 829 g/mol. The molecule has 0 aliphatic heterocycles. The third kappa shape index (κ3) is 5.57. The summed E-state index contributed by atoms with van der Waals surface area (Å²) < 4.78 is 5.02. The lowest BCUT2D eigenvalue weighted by atomic mass is 9.82. The van der Waals surface area contributed by atoms with Gasteiger partial charge in [-0.1, -0.05) is 147 Å². The number of nitrogens with zero attached hydrogens (tertiary/aromatic N) is 2. The highest BCUT2D eigenvalue weighted by Crippen LogP contribution is 2.53. The van der Waals surface area contributed by atoms with Crippen molar-refractivity contribution < 1.29 is 0 Å². The van der Waals surface area contributed by atoms with E-state index in [9.17, 15) is 0 Å². The maximum atomic E-state index is 2.51. The van der Waals surface area contributed by atoms with E-state index in [1.165, 1.54) is 135 Å². The van der Waals surface area contributed by atoms with E-state index in [0.29, 0.717) is 0 Å². The van der Waals surface area contributed by atoms with Gasteiger partial charge in [0.15, 0.2) is 0 Å². The molecule has 2 nitrogen and oxygen atoms in total. The monoisotopic (exact) mass is 828 g/mol. The van der Waals surface area contributed by atoms with Gasteiger partial charge >= 0.3 is 0 Å². The SMILES string of the molecule is CCCCc1ccc(-n2c3ccc(-c4ccc5c(c4)c4cc6c(cc4n5-c4ccc(C(C)(C)C)cc4)C(C)(C)c4ccccc4-6)cc3c3cc4c(cc32)C(C)(C)c2ccccc2-4)cc1. The normalized spacial score (nSPS) is 14.7. The van der Waals surface area contributed by atoms with Crippen molar-refractivity contribution in [2.45, 2.75) is 90.9 Å². The number of fused-ring (bicyclic) bond motifs is 12. The molecule has 2 aromatic heterocycles. The van der Waals surface area contributed by atoms with Gasteiger partial charge in [-0.25, -0.2) is 0 Å². The van der Waals surface area contributed by atoms with Crippen LogP contribution in [0.1, 0.15) is 102 Å². The summed E-state index contributed by atoms with van der Waals surface area (Å²) in [6.07, 6.45) is 3.54. The van der Waals surface area contributed by atoms with E-state index in [0.717, 1.165) is 6.42 Å². The zero-order chi connectivity index (χ0) is 43.9. The summed E-state index contributed by atoms with van der Waals surface area (Å²) in [5.41, 5.74) is 23.5. The van der Waals surface area contributed by atoms with Crippen molar-refractivity contribution in [2.75, 3.05) is 0 Å². The minimum atomic E-state index is -0.0910. The van der Waals surface area contributed by atoms with Gasteiger partial charge < -0.3 is 9.13 Å². The number of benzene rings is 8. The van der Waals surface area contributed by atoms with Gasteiger partial charge in [0.25, 0.3) is 0 Å². The molecule has 314 valence electrons. The second kappa shape index (κ2) is 13.7. The molecule has 2 heterocycles. The molecule has 64 heavy (non-hydrogen) atoms. The molecule has 2 heteroatoms. The van der Waals surface area contributed by atoms with Gasteiger partial charge in [0.2, 0.25) is 0 Å². The van der Waals surface area contributed by atoms with Crippen molar-refractivity contribution in [2.24, 2.45) is 0 Å². The molecule has 0 saturated heterocycles. The molecule has 12 rings (SSSR count). The fourth-order valence-corrected chi connectivity index (χ4v) is 11.6. The third-order valence-corrected chi connectivity index (χ3v) is 15.3. The largest absolute Gasteiger partial charge is 0.309 e. The third-order valence-electron chi connectivity index (χ3n) is 15.3. The Hall–Kier alpha value is -6.64. The lowest BCUT2D eigenvalue weighted by Crippen LogP contribution is -2.15. The molecule has 0 radical (unpaired) electrons. The first-order valence-electron chi connectivity index (χ1n) is 23.5. The van der Waals surface area contributed by atoms with Crippen LogP contribution in [0.15, 0.2) is 158 Å². The average Bonchev–Trinajstić information content (AvgIpc) is 3.95. The molecule has 2 aliphatic rings. The van der Waals surface area contributed by atoms with Crippen LogP contribution in [0.25, 0.3) is 88.4 Å². The van der Waals surface area contributed by atoms with Crippen molar-refractivity contribution in [1.29, 1.82) is 0 Å². The van der Waals surface area contributed by atoms with Gasteiger partial charge in [0.1, 0.15) is 0 Å². The standard InChI is InChI=1S/C62H56N2/c1-9-10-15-38-20-26-42(27-21-38)63-56-30-22-39(32-48(56)50-34-46-44-16-11-13-18-52(44)61(5,6)54(46)36-58(50)63)40-23-31-57-49(33-40)51-35-47-45-17-12-14-19-53(45)62(7,8)55(47)37-59(51)64(57)43-28-24-41(25-29-43)60(2,3)4/h11-14,16-37H,9-10,15H2,1-8H3. The smallest absolute Gasteiger partial charge is 0.0544 e. The quantitative estimate of drug-likeness (QED) is 0.158. The van der Waals surface area contributed by atoms with Gasteiger partial charge in [-0.05, 0) is 158 Å². The maximum Gasteiger partial charge on any atom is 0.0544 e. The Labute approximate surface area is 377 Å². The highest BCUT2D eigenvalue weighted by atomic mass is 15.0. The van der Waals surface area contributed by atoms with Crippen LogP contribution in [-0.2, 0) is 22.7 Å².